The van der Waals surface area contributed by atoms with E-state index in [0.29, 0.717) is 17.1 Å². The summed E-state index contributed by atoms with van der Waals surface area (Å²) < 4.78 is 10.4. The largest absolute Gasteiger partial charge is 0.493 e. The van der Waals surface area contributed by atoms with Gasteiger partial charge in [0, 0.05) is 11.6 Å². The number of ether oxygens (including phenoxy) is 1. The molecule has 0 bridgehead atoms. The number of benzene rings is 1. The molecule has 0 N–H and O–H groups in total. The van der Waals surface area contributed by atoms with Crippen molar-refractivity contribution < 1.29 is 9.15 Å². The van der Waals surface area contributed by atoms with E-state index in [1.54, 1.807) is 31.6 Å². The van der Waals surface area contributed by atoms with Crippen LogP contribution in [0.25, 0.3) is 11.3 Å². The summed E-state index contributed by atoms with van der Waals surface area (Å²) in [6, 6.07) is 11.0. The zero-order valence-corrected chi connectivity index (χ0v) is 8.23. The Bertz CT molecular complexity index is 491. The first-order chi connectivity index (χ1) is 7.35. The molecule has 0 atom stereocenters. The minimum Gasteiger partial charge on any atom is -0.493 e. The number of furan rings is 1. The van der Waals surface area contributed by atoms with Gasteiger partial charge in [0.15, 0.2) is 11.5 Å². The Kier molecular flexibility index (Phi) is 2.42. The van der Waals surface area contributed by atoms with E-state index >= 15 is 0 Å². The quantitative estimate of drug-likeness (QED) is 0.747. The van der Waals surface area contributed by atoms with Crippen molar-refractivity contribution in [2.24, 2.45) is 0 Å². The molecule has 3 heteroatoms. The molecule has 0 aliphatic carbocycles. The van der Waals surface area contributed by atoms with Crippen LogP contribution in [0.1, 0.15) is 5.56 Å². The number of nitriles is 1. The lowest BCUT2D eigenvalue weighted by molar-refractivity contribution is 0.410. The summed E-state index contributed by atoms with van der Waals surface area (Å²) in [5.41, 5.74) is 1.53. The van der Waals surface area contributed by atoms with Crippen LogP contribution >= 0.6 is 0 Å². The fourth-order valence-corrected chi connectivity index (χ4v) is 1.36. The van der Waals surface area contributed by atoms with Gasteiger partial charge >= 0.3 is 0 Å². The van der Waals surface area contributed by atoms with Crippen molar-refractivity contribution >= 4 is 0 Å². The number of nitrogens with zero attached hydrogens (tertiary/aromatic N) is 1. The van der Waals surface area contributed by atoms with E-state index in [1.807, 2.05) is 12.1 Å². The number of rotatable bonds is 2. The third kappa shape index (κ3) is 1.70. The molecule has 0 fully saturated rings. The topological polar surface area (TPSA) is 46.2 Å². The van der Waals surface area contributed by atoms with Gasteiger partial charge < -0.3 is 9.15 Å². The average Bonchev–Trinajstić information content (AvgIpc) is 2.77. The van der Waals surface area contributed by atoms with Crippen LogP contribution in [0.3, 0.4) is 0 Å². The third-order valence-corrected chi connectivity index (χ3v) is 2.13. The van der Waals surface area contributed by atoms with Crippen molar-refractivity contribution in [3.05, 3.63) is 42.2 Å². The molecule has 74 valence electrons. The highest BCUT2D eigenvalue weighted by atomic mass is 16.5. The molecule has 0 amide bonds. The van der Waals surface area contributed by atoms with Gasteiger partial charge in [-0.15, -0.1) is 0 Å². The second-order valence-corrected chi connectivity index (χ2v) is 3.01. The first-order valence-corrected chi connectivity index (χ1v) is 4.47. The van der Waals surface area contributed by atoms with Gasteiger partial charge in [0.25, 0.3) is 0 Å². The molecule has 0 spiro atoms. The summed E-state index contributed by atoms with van der Waals surface area (Å²) in [6.45, 7) is 0. The van der Waals surface area contributed by atoms with E-state index in [9.17, 15) is 0 Å². The van der Waals surface area contributed by atoms with Gasteiger partial charge in [-0.25, -0.2) is 0 Å². The van der Waals surface area contributed by atoms with Gasteiger partial charge in [0.1, 0.15) is 0 Å². The van der Waals surface area contributed by atoms with Crippen LogP contribution < -0.4 is 4.74 Å². The lowest BCUT2D eigenvalue weighted by atomic mass is 10.1. The number of hydrogen-bond acceptors (Lipinski definition) is 3. The second-order valence-electron chi connectivity index (χ2n) is 3.01. The molecule has 2 rings (SSSR count). The Hall–Kier alpha value is -2.21. The van der Waals surface area contributed by atoms with Crippen LogP contribution in [0.5, 0.6) is 5.75 Å². The van der Waals surface area contributed by atoms with E-state index in [-0.39, 0.29) is 0 Å². The molecule has 1 aromatic carbocycles. The fourth-order valence-electron chi connectivity index (χ4n) is 1.36. The Balaban J connectivity index is 2.42. The summed E-state index contributed by atoms with van der Waals surface area (Å²) in [6.07, 6.45) is 1.58. The lowest BCUT2D eigenvalue weighted by Gasteiger charge is -2.00. The minimum atomic E-state index is 0.629. The van der Waals surface area contributed by atoms with Crippen LogP contribution in [-0.2, 0) is 0 Å². The molecule has 1 aromatic heterocycles. The first kappa shape index (κ1) is 9.35. The van der Waals surface area contributed by atoms with Gasteiger partial charge in [-0.3, -0.25) is 0 Å². The standard InChI is InChI=1S/C12H9NO2/c1-14-11-6-7-15-12(11)10-4-2-9(8-13)3-5-10/h2-7H,1H3. The normalized spacial score (nSPS) is 9.60. The predicted molar refractivity (Wildman–Crippen MR) is 55.4 cm³/mol. The van der Waals surface area contributed by atoms with Crippen LogP contribution in [0.4, 0.5) is 0 Å². The van der Waals surface area contributed by atoms with Gasteiger partial charge in [0.05, 0.1) is 25.0 Å². The predicted octanol–water partition coefficient (Wildman–Crippen LogP) is 2.83. The van der Waals surface area contributed by atoms with Crippen LogP contribution in [0, 0.1) is 11.3 Å². The maximum absolute atomic E-state index is 8.66. The first-order valence-electron chi connectivity index (χ1n) is 4.47. The van der Waals surface area contributed by atoms with Crippen LogP contribution in [-0.4, -0.2) is 7.11 Å². The Morgan fingerprint density at radius 3 is 2.53 bits per heavy atom. The Labute approximate surface area is 87.5 Å². The summed E-state index contributed by atoms with van der Waals surface area (Å²) in [5, 5.41) is 8.66. The van der Waals surface area contributed by atoms with E-state index in [4.69, 9.17) is 14.4 Å². The van der Waals surface area contributed by atoms with Gasteiger partial charge in [-0.1, -0.05) is 0 Å². The van der Waals surface area contributed by atoms with Gasteiger partial charge in [-0.05, 0) is 24.3 Å². The molecule has 0 unspecified atom stereocenters. The monoisotopic (exact) mass is 199 g/mol. The molecule has 0 radical (unpaired) electrons. The van der Waals surface area contributed by atoms with Crippen molar-refractivity contribution in [1.29, 1.82) is 5.26 Å². The Morgan fingerprint density at radius 1 is 1.20 bits per heavy atom. The van der Waals surface area contributed by atoms with Crippen LogP contribution in [0.15, 0.2) is 41.0 Å². The van der Waals surface area contributed by atoms with Crippen molar-refractivity contribution in [3.63, 3.8) is 0 Å². The third-order valence-electron chi connectivity index (χ3n) is 2.13. The van der Waals surface area contributed by atoms with Crippen LogP contribution in [0.2, 0.25) is 0 Å². The Morgan fingerprint density at radius 2 is 1.93 bits per heavy atom. The molecule has 0 saturated carbocycles. The second kappa shape index (κ2) is 3.89. The van der Waals surface area contributed by atoms with Crippen molar-refractivity contribution in [1.82, 2.24) is 0 Å². The molecule has 1 heterocycles. The van der Waals surface area contributed by atoms with Gasteiger partial charge in [0.2, 0.25) is 0 Å². The summed E-state index contributed by atoms with van der Waals surface area (Å²) in [7, 11) is 1.60. The fraction of sp³-hybridized carbons (Fsp3) is 0.0833. The van der Waals surface area contributed by atoms with Crippen molar-refractivity contribution in [2.75, 3.05) is 7.11 Å². The summed E-state index contributed by atoms with van der Waals surface area (Å²) in [4.78, 5) is 0. The van der Waals surface area contributed by atoms with Crippen molar-refractivity contribution in [2.45, 2.75) is 0 Å². The summed E-state index contributed by atoms with van der Waals surface area (Å²) in [5.74, 6) is 1.38. The zero-order chi connectivity index (χ0) is 10.7. The van der Waals surface area contributed by atoms with Gasteiger partial charge in [-0.2, -0.15) is 5.26 Å². The average molecular weight is 199 g/mol. The number of methoxy groups -OCH3 is 1. The lowest BCUT2D eigenvalue weighted by Crippen LogP contribution is -1.83. The van der Waals surface area contributed by atoms with E-state index in [1.165, 1.54) is 0 Å². The number of hydrogen-bond donors (Lipinski definition) is 0. The zero-order valence-electron chi connectivity index (χ0n) is 8.23. The van der Waals surface area contributed by atoms with E-state index in [2.05, 4.69) is 6.07 Å². The van der Waals surface area contributed by atoms with Crippen molar-refractivity contribution in [3.8, 4) is 23.1 Å². The highest BCUT2D eigenvalue weighted by Crippen LogP contribution is 2.30. The maximum atomic E-state index is 8.66. The highest BCUT2D eigenvalue weighted by Gasteiger charge is 2.08. The van der Waals surface area contributed by atoms with E-state index < -0.39 is 0 Å². The molecule has 0 aliphatic rings. The minimum absolute atomic E-state index is 0.629. The summed E-state index contributed by atoms with van der Waals surface area (Å²) >= 11 is 0. The maximum Gasteiger partial charge on any atom is 0.175 e. The molecular weight excluding hydrogens is 190 g/mol. The molecule has 2 aromatic rings. The molecule has 3 nitrogen and oxygen atoms in total. The molecule has 15 heavy (non-hydrogen) atoms. The molecule has 0 saturated heterocycles. The SMILES string of the molecule is COc1ccoc1-c1ccc(C#N)cc1. The molecule has 0 aliphatic heterocycles. The highest BCUT2D eigenvalue weighted by molar-refractivity contribution is 5.65. The van der Waals surface area contributed by atoms with E-state index in [0.717, 1.165) is 5.56 Å². The molecular formula is C12H9NO2. The smallest absolute Gasteiger partial charge is 0.175 e.